The van der Waals surface area contributed by atoms with E-state index >= 15 is 0 Å². The summed E-state index contributed by atoms with van der Waals surface area (Å²) in [5, 5.41) is 7.35. The molecule has 8 aromatic carbocycles. The van der Waals surface area contributed by atoms with Crippen molar-refractivity contribution in [2.45, 2.75) is 0 Å². The van der Waals surface area contributed by atoms with E-state index in [1.807, 2.05) is 12.1 Å². The van der Waals surface area contributed by atoms with Crippen LogP contribution in [0.5, 0.6) is 0 Å². The number of rotatable bonds is 4. The van der Waals surface area contributed by atoms with Crippen molar-refractivity contribution in [3.63, 3.8) is 0 Å². The van der Waals surface area contributed by atoms with Crippen LogP contribution in [-0.4, -0.2) is 0 Å². The average Bonchev–Trinajstić information content (AvgIpc) is 3.49. The average molecular weight is 573 g/mol. The van der Waals surface area contributed by atoms with Crippen LogP contribution in [-0.2, 0) is 0 Å². The summed E-state index contributed by atoms with van der Waals surface area (Å²) in [5.74, 6) is 0. The van der Waals surface area contributed by atoms with Gasteiger partial charge < -0.3 is 4.42 Å². The number of hydrogen-bond acceptors (Lipinski definition) is 1. The Morgan fingerprint density at radius 1 is 0.244 bits per heavy atom. The lowest BCUT2D eigenvalue weighted by Gasteiger charge is -2.19. The molecule has 0 aliphatic carbocycles. The number of furan rings is 1. The molecule has 0 fully saturated rings. The molecule has 1 heterocycles. The van der Waals surface area contributed by atoms with Crippen molar-refractivity contribution in [2.24, 2.45) is 0 Å². The molecule has 0 amide bonds. The van der Waals surface area contributed by atoms with Gasteiger partial charge in [-0.25, -0.2) is 0 Å². The van der Waals surface area contributed by atoms with E-state index in [-0.39, 0.29) is 0 Å². The molecule has 0 aliphatic rings. The Hall–Kier alpha value is -5.92. The monoisotopic (exact) mass is 572 g/mol. The van der Waals surface area contributed by atoms with Gasteiger partial charge in [0.05, 0.1) is 0 Å². The number of benzene rings is 8. The van der Waals surface area contributed by atoms with Gasteiger partial charge in [-0.05, 0) is 96.4 Å². The Morgan fingerprint density at radius 3 is 1.36 bits per heavy atom. The van der Waals surface area contributed by atoms with Crippen molar-refractivity contribution < 1.29 is 4.42 Å². The fourth-order valence-corrected chi connectivity index (χ4v) is 6.97. The Kier molecular flexibility index (Phi) is 5.89. The van der Waals surface area contributed by atoms with Crippen molar-refractivity contribution in [2.75, 3.05) is 0 Å². The van der Waals surface area contributed by atoms with Crippen molar-refractivity contribution in [3.05, 3.63) is 170 Å². The van der Waals surface area contributed by atoms with Crippen LogP contribution in [0.15, 0.2) is 174 Å². The first-order chi connectivity index (χ1) is 22.3. The van der Waals surface area contributed by atoms with Gasteiger partial charge in [0.1, 0.15) is 11.2 Å². The Bertz CT molecular complexity index is 2520. The molecule has 0 bridgehead atoms. The first kappa shape index (κ1) is 25.6. The van der Waals surface area contributed by atoms with Gasteiger partial charge >= 0.3 is 0 Å². The minimum absolute atomic E-state index is 0.917. The Morgan fingerprint density at radius 2 is 0.689 bits per heavy atom. The molecule has 0 saturated carbocycles. The molecule has 210 valence electrons. The van der Waals surface area contributed by atoms with Gasteiger partial charge in [0.2, 0.25) is 0 Å². The van der Waals surface area contributed by atoms with Gasteiger partial charge in [0, 0.05) is 10.8 Å². The van der Waals surface area contributed by atoms with E-state index in [1.165, 1.54) is 66.1 Å². The summed E-state index contributed by atoms with van der Waals surface area (Å²) in [6.07, 6.45) is 0. The van der Waals surface area contributed by atoms with E-state index in [2.05, 4.69) is 158 Å². The standard InChI is InChI=1S/C44H28O/c1-3-12-29(13-4-1)43-36-19-7-8-20-37(36)44(30-14-5-2-6-15-30)40-28-33(22-24-38(40)43)31-16-11-17-32(26-31)34-23-25-42-39(27-34)35-18-9-10-21-41(35)45-42/h1-28H. The molecule has 1 nitrogen and oxygen atoms in total. The molecule has 0 saturated heterocycles. The lowest BCUT2D eigenvalue weighted by Crippen LogP contribution is -1.91. The van der Waals surface area contributed by atoms with E-state index in [0.717, 1.165) is 21.9 Å². The van der Waals surface area contributed by atoms with Gasteiger partial charge in [-0.1, -0.05) is 140 Å². The summed E-state index contributed by atoms with van der Waals surface area (Å²) in [7, 11) is 0. The van der Waals surface area contributed by atoms with Crippen LogP contribution in [0, 0.1) is 0 Å². The molecular weight excluding hydrogens is 544 g/mol. The number of para-hydroxylation sites is 1. The van der Waals surface area contributed by atoms with Gasteiger partial charge in [-0.3, -0.25) is 0 Å². The molecular formula is C44H28O. The molecule has 45 heavy (non-hydrogen) atoms. The van der Waals surface area contributed by atoms with Crippen LogP contribution in [0.3, 0.4) is 0 Å². The SMILES string of the molecule is c1ccc(-c2c3ccccc3c(-c3ccccc3)c3cc(-c4cccc(-c5ccc6oc7ccccc7c6c5)c4)ccc23)cc1. The van der Waals surface area contributed by atoms with Crippen LogP contribution in [0.4, 0.5) is 0 Å². The maximum atomic E-state index is 6.10. The van der Waals surface area contributed by atoms with E-state index < -0.39 is 0 Å². The number of fused-ring (bicyclic) bond motifs is 5. The molecule has 0 aliphatic heterocycles. The van der Waals surface area contributed by atoms with Gasteiger partial charge in [-0.15, -0.1) is 0 Å². The maximum absolute atomic E-state index is 6.10. The molecule has 0 radical (unpaired) electrons. The molecule has 0 spiro atoms. The zero-order valence-electron chi connectivity index (χ0n) is 24.6. The third-order valence-corrected chi connectivity index (χ3v) is 9.05. The molecule has 0 N–H and O–H groups in total. The van der Waals surface area contributed by atoms with E-state index in [4.69, 9.17) is 4.42 Å². The third-order valence-electron chi connectivity index (χ3n) is 9.05. The zero-order chi connectivity index (χ0) is 29.7. The number of hydrogen-bond donors (Lipinski definition) is 0. The highest BCUT2D eigenvalue weighted by Gasteiger charge is 2.17. The van der Waals surface area contributed by atoms with Crippen LogP contribution in [0.1, 0.15) is 0 Å². The summed E-state index contributed by atoms with van der Waals surface area (Å²) < 4.78 is 6.10. The Labute approximate surface area is 261 Å². The van der Waals surface area contributed by atoms with Gasteiger partial charge in [-0.2, -0.15) is 0 Å². The van der Waals surface area contributed by atoms with E-state index in [9.17, 15) is 0 Å². The fraction of sp³-hybridized carbons (Fsp3) is 0. The highest BCUT2D eigenvalue weighted by molar-refractivity contribution is 6.22. The molecule has 9 rings (SSSR count). The van der Waals surface area contributed by atoms with Gasteiger partial charge in [0.15, 0.2) is 0 Å². The van der Waals surface area contributed by atoms with Crippen molar-refractivity contribution in [3.8, 4) is 44.5 Å². The Balaban J connectivity index is 1.27. The van der Waals surface area contributed by atoms with Crippen molar-refractivity contribution in [1.82, 2.24) is 0 Å². The molecule has 0 atom stereocenters. The predicted molar refractivity (Wildman–Crippen MR) is 190 cm³/mol. The predicted octanol–water partition coefficient (Wildman–Crippen LogP) is 12.6. The highest BCUT2D eigenvalue weighted by atomic mass is 16.3. The largest absolute Gasteiger partial charge is 0.456 e. The normalized spacial score (nSPS) is 11.6. The first-order valence-electron chi connectivity index (χ1n) is 15.4. The van der Waals surface area contributed by atoms with Crippen LogP contribution < -0.4 is 0 Å². The fourth-order valence-electron chi connectivity index (χ4n) is 6.97. The first-order valence-corrected chi connectivity index (χ1v) is 15.4. The quantitative estimate of drug-likeness (QED) is 0.191. The van der Waals surface area contributed by atoms with Crippen molar-refractivity contribution in [1.29, 1.82) is 0 Å². The zero-order valence-corrected chi connectivity index (χ0v) is 24.6. The van der Waals surface area contributed by atoms with Crippen molar-refractivity contribution >= 4 is 43.5 Å². The van der Waals surface area contributed by atoms with Crippen LogP contribution in [0.2, 0.25) is 0 Å². The summed E-state index contributed by atoms with van der Waals surface area (Å²) in [6.45, 7) is 0. The maximum Gasteiger partial charge on any atom is 0.135 e. The molecule has 1 aromatic heterocycles. The second-order valence-corrected chi connectivity index (χ2v) is 11.7. The highest BCUT2D eigenvalue weighted by Crippen LogP contribution is 2.45. The third kappa shape index (κ3) is 4.24. The summed E-state index contributed by atoms with van der Waals surface area (Å²) in [4.78, 5) is 0. The van der Waals surface area contributed by atoms with E-state index in [0.29, 0.717) is 0 Å². The smallest absolute Gasteiger partial charge is 0.135 e. The van der Waals surface area contributed by atoms with Crippen LogP contribution >= 0.6 is 0 Å². The summed E-state index contributed by atoms with van der Waals surface area (Å²) in [5.41, 5.74) is 11.6. The summed E-state index contributed by atoms with van der Waals surface area (Å²) >= 11 is 0. The minimum Gasteiger partial charge on any atom is -0.456 e. The molecule has 9 aromatic rings. The molecule has 1 heteroatoms. The summed E-state index contributed by atoms with van der Waals surface area (Å²) in [6, 6.07) is 61.1. The lowest BCUT2D eigenvalue weighted by atomic mass is 9.85. The van der Waals surface area contributed by atoms with E-state index in [1.54, 1.807) is 0 Å². The lowest BCUT2D eigenvalue weighted by molar-refractivity contribution is 0.669. The second-order valence-electron chi connectivity index (χ2n) is 11.7. The van der Waals surface area contributed by atoms with Crippen LogP contribution in [0.25, 0.3) is 88.0 Å². The minimum atomic E-state index is 0.917. The second kappa shape index (κ2) is 10.4. The topological polar surface area (TPSA) is 13.1 Å². The molecule has 0 unspecified atom stereocenters. The van der Waals surface area contributed by atoms with Gasteiger partial charge in [0.25, 0.3) is 0 Å².